The topological polar surface area (TPSA) is 64.6 Å². The van der Waals surface area contributed by atoms with Gasteiger partial charge in [0.1, 0.15) is 13.2 Å². The van der Waals surface area contributed by atoms with Crippen molar-refractivity contribution in [3.8, 4) is 11.5 Å². The lowest BCUT2D eigenvalue weighted by Crippen LogP contribution is -2.26. The molecule has 1 aromatic carbocycles. The molecule has 1 N–H and O–H groups in total. The molecule has 0 fully saturated rings. The van der Waals surface area contributed by atoms with Crippen LogP contribution in [0.15, 0.2) is 40.6 Å². The molecule has 0 saturated carbocycles. The van der Waals surface area contributed by atoms with E-state index >= 15 is 0 Å². The normalized spacial score (nSPS) is 15.7. The molecular formula is C14H15NO4S2. The smallest absolute Gasteiger partial charge is 0.241 e. The van der Waals surface area contributed by atoms with Crippen molar-refractivity contribution >= 4 is 21.4 Å². The van der Waals surface area contributed by atoms with Crippen molar-refractivity contribution in [1.29, 1.82) is 0 Å². The Bertz CT molecular complexity index is 725. The molecule has 0 radical (unpaired) electrons. The van der Waals surface area contributed by atoms with Gasteiger partial charge in [-0.05, 0) is 30.5 Å². The number of sulfonamides is 1. The fraction of sp³-hybridized carbons (Fsp3) is 0.286. The number of thiophene rings is 1. The molecular weight excluding hydrogens is 310 g/mol. The maximum absolute atomic E-state index is 12.4. The number of benzene rings is 1. The highest BCUT2D eigenvalue weighted by atomic mass is 32.2. The number of fused-ring (bicyclic) bond motifs is 1. The Hall–Kier alpha value is -1.57. The highest BCUT2D eigenvalue weighted by molar-refractivity contribution is 7.89. The van der Waals surface area contributed by atoms with Gasteiger partial charge in [-0.3, -0.25) is 0 Å². The van der Waals surface area contributed by atoms with Gasteiger partial charge in [0.05, 0.1) is 10.9 Å². The fourth-order valence-electron chi connectivity index (χ4n) is 2.09. The van der Waals surface area contributed by atoms with Crippen LogP contribution in [0.3, 0.4) is 0 Å². The fourth-order valence-corrected chi connectivity index (χ4v) is 4.13. The summed E-state index contributed by atoms with van der Waals surface area (Å²) >= 11 is 1.52. The van der Waals surface area contributed by atoms with Crippen molar-refractivity contribution in [3.63, 3.8) is 0 Å². The third-order valence-corrected chi connectivity index (χ3v) is 5.72. The van der Waals surface area contributed by atoms with Crippen LogP contribution in [0.1, 0.15) is 17.8 Å². The maximum Gasteiger partial charge on any atom is 0.241 e. The summed E-state index contributed by atoms with van der Waals surface area (Å²) in [4.78, 5) is 1.14. The van der Waals surface area contributed by atoms with Crippen molar-refractivity contribution in [2.75, 3.05) is 13.2 Å². The third-order valence-electron chi connectivity index (χ3n) is 3.13. The van der Waals surface area contributed by atoms with Gasteiger partial charge in [0.15, 0.2) is 11.5 Å². The van der Waals surface area contributed by atoms with Gasteiger partial charge in [-0.15, -0.1) is 11.3 Å². The minimum absolute atomic E-state index is 0.176. The second-order valence-electron chi connectivity index (χ2n) is 4.66. The summed E-state index contributed by atoms with van der Waals surface area (Å²) in [5, 5.41) is 1.92. The van der Waals surface area contributed by atoms with Gasteiger partial charge in [-0.25, -0.2) is 13.1 Å². The molecule has 0 spiro atoms. The van der Waals surface area contributed by atoms with Gasteiger partial charge in [-0.1, -0.05) is 6.07 Å². The Kier molecular flexibility index (Phi) is 3.88. The zero-order chi connectivity index (χ0) is 14.9. The van der Waals surface area contributed by atoms with Crippen molar-refractivity contribution < 1.29 is 17.9 Å². The molecule has 2 heterocycles. The molecule has 3 rings (SSSR count). The summed E-state index contributed by atoms with van der Waals surface area (Å²) in [6, 6.07) is 8.17. The summed E-state index contributed by atoms with van der Waals surface area (Å²) in [6.45, 7) is 2.73. The van der Waals surface area contributed by atoms with Crippen molar-refractivity contribution in [1.82, 2.24) is 4.72 Å². The number of ether oxygens (including phenoxy) is 2. The molecule has 1 aromatic heterocycles. The molecule has 5 nitrogen and oxygen atoms in total. The quantitative estimate of drug-likeness (QED) is 0.938. The van der Waals surface area contributed by atoms with Crippen LogP contribution in [0.4, 0.5) is 0 Å². The number of nitrogens with one attached hydrogen (secondary N) is 1. The zero-order valence-corrected chi connectivity index (χ0v) is 13.0. The average molecular weight is 325 g/mol. The Morgan fingerprint density at radius 1 is 1.19 bits per heavy atom. The maximum atomic E-state index is 12.4. The van der Waals surface area contributed by atoms with Crippen LogP contribution in [0.5, 0.6) is 11.5 Å². The lowest BCUT2D eigenvalue weighted by molar-refractivity contribution is 0.171. The summed E-state index contributed by atoms with van der Waals surface area (Å²) in [5.74, 6) is 1.04. The highest BCUT2D eigenvalue weighted by Crippen LogP contribution is 2.32. The molecule has 0 amide bonds. The Morgan fingerprint density at radius 3 is 2.67 bits per heavy atom. The summed E-state index contributed by atoms with van der Waals surface area (Å²) in [5.41, 5.74) is 0. The molecule has 21 heavy (non-hydrogen) atoms. The molecule has 2 aromatic rings. The van der Waals surface area contributed by atoms with E-state index in [1.165, 1.54) is 23.5 Å². The summed E-state index contributed by atoms with van der Waals surface area (Å²) < 4.78 is 38.3. The minimum atomic E-state index is -3.60. The predicted molar refractivity (Wildman–Crippen MR) is 80.5 cm³/mol. The van der Waals surface area contributed by atoms with Crippen LogP contribution in [0.2, 0.25) is 0 Å². The van der Waals surface area contributed by atoms with Gasteiger partial charge >= 0.3 is 0 Å². The molecule has 1 atom stereocenters. The van der Waals surface area contributed by atoms with Crippen LogP contribution in [0.25, 0.3) is 0 Å². The Balaban J connectivity index is 1.84. The lowest BCUT2D eigenvalue weighted by atomic mass is 10.3. The van der Waals surface area contributed by atoms with E-state index in [-0.39, 0.29) is 10.9 Å². The molecule has 0 unspecified atom stereocenters. The van der Waals surface area contributed by atoms with E-state index in [1.54, 1.807) is 6.07 Å². The van der Waals surface area contributed by atoms with Crippen molar-refractivity contribution in [2.24, 2.45) is 0 Å². The van der Waals surface area contributed by atoms with Crippen LogP contribution < -0.4 is 14.2 Å². The molecule has 0 aliphatic carbocycles. The zero-order valence-electron chi connectivity index (χ0n) is 11.4. The van der Waals surface area contributed by atoms with E-state index in [4.69, 9.17) is 9.47 Å². The summed E-state index contributed by atoms with van der Waals surface area (Å²) in [6.07, 6.45) is 0. The van der Waals surface area contributed by atoms with E-state index in [1.807, 2.05) is 24.4 Å². The second kappa shape index (κ2) is 5.67. The van der Waals surface area contributed by atoms with Gasteiger partial charge in [-0.2, -0.15) is 0 Å². The van der Waals surface area contributed by atoms with Gasteiger partial charge in [0.2, 0.25) is 10.0 Å². The van der Waals surface area contributed by atoms with Gasteiger partial charge in [0, 0.05) is 10.9 Å². The Morgan fingerprint density at radius 2 is 1.95 bits per heavy atom. The standard InChI is InChI=1S/C14H15NO4S2/c1-10(14-3-2-8-20-14)15-21(16,17)11-4-5-12-13(9-11)19-7-6-18-12/h2-5,8-10,15H,6-7H2,1H3/t10-/m0/s1. The Labute approximate surface area is 127 Å². The molecule has 112 valence electrons. The van der Waals surface area contributed by atoms with Gasteiger partial charge < -0.3 is 9.47 Å². The monoisotopic (exact) mass is 325 g/mol. The highest BCUT2D eigenvalue weighted by Gasteiger charge is 2.22. The van der Waals surface area contributed by atoms with Gasteiger partial charge in [0.25, 0.3) is 0 Å². The van der Waals surface area contributed by atoms with Crippen LogP contribution >= 0.6 is 11.3 Å². The average Bonchev–Trinajstić information content (AvgIpc) is 3.00. The molecule has 1 aliphatic rings. The largest absolute Gasteiger partial charge is 0.486 e. The molecule has 1 aliphatic heterocycles. The first-order chi connectivity index (χ1) is 10.1. The second-order valence-corrected chi connectivity index (χ2v) is 7.36. The van der Waals surface area contributed by atoms with E-state index in [2.05, 4.69) is 4.72 Å². The number of hydrogen-bond donors (Lipinski definition) is 1. The first kappa shape index (κ1) is 14.4. The summed E-state index contributed by atoms with van der Waals surface area (Å²) in [7, 11) is -3.60. The van der Waals surface area contributed by atoms with Crippen LogP contribution in [-0.2, 0) is 10.0 Å². The first-order valence-corrected chi connectivity index (χ1v) is 8.88. The van der Waals surface area contributed by atoms with E-state index in [9.17, 15) is 8.42 Å². The molecule has 0 saturated heterocycles. The lowest BCUT2D eigenvalue weighted by Gasteiger charge is -2.19. The first-order valence-electron chi connectivity index (χ1n) is 6.52. The molecule has 0 bridgehead atoms. The molecule has 7 heteroatoms. The number of rotatable bonds is 4. The predicted octanol–water partition coefficient (Wildman–Crippen LogP) is 2.56. The van der Waals surface area contributed by atoms with Crippen LogP contribution in [0, 0.1) is 0 Å². The minimum Gasteiger partial charge on any atom is -0.486 e. The van der Waals surface area contributed by atoms with E-state index in [0.717, 1.165) is 4.88 Å². The SMILES string of the molecule is C[C@H](NS(=O)(=O)c1ccc2c(c1)OCCO2)c1cccs1. The van der Waals surface area contributed by atoms with E-state index < -0.39 is 10.0 Å². The number of hydrogen-bond acceptors (Lipinski definition) is 5. The van der Waals surface area contributed by atoms with E-state index in [0.29, 0.717) is 24.7 Å². The van der Waals surface area contributed by atoms with Crippen LogP contribution in [-0.4, -0.2) is 21.6 Å². The third kappa shape index (κ3) is 3.04. The van der Waals surface area contributed by atoms with Crippen molar-refractivity contribution in [2.45, 2.75) is 17.9 Å². The van der Waals surface area contributed by atoms with Crippen molar-refractivity contribution in [3.05, 3.63) is 40.6 Å².